The first-order chi connectivity index (χ1) is 8.66. The number of para-hydroxylation sites is 1. The van der Waals surface area contributed by atoms with Gasteiger partial charge in [-0.15, -0.1) is 0 Å². The van der Waals surface area contributed by atoms with E-state index in [-0.39, 0.29) is 0 Å². The third-order valence-electron chi connectivity index (χ3n) is 2.74. The van der Waals surface area contributed by atoms with Crippen LogP contribution in [0.15, 0.2) is 46.9 Å². The second-order valence-electron chi connectivity index (χ2n) is 3.89. The molecular formula is C13H9BrClN3. The number of benzene rings is 2. The summed E-state index contributed by atoms with van der Waals surface area (Å²) in [5, 5.41) is 0.663. The Labute approximate surface area is 117 Å². The summed E-state index contributed by atoms with van der Waals surface area (Å²) in [5.41, 5.74) is 8.66. The lowest BCUT2D eigenvalue weighted by atomic mass is 10.3. The van der Waals surface area contributed by atoms with E-state index in [2.05, 4.69) is 20.9 Å². The number of nitrogens with zero attached hydrogens (tertiary/aromatic N) is 2. The smallest absolute Gasteiger partial charge is 0.205 e. The van der Waals surface area contributed by atoms with Crippen molar-refractivity contribution in [1.82, 2.24) is 9.55 Å². The number of aromatic nitrogens is 2. The maximum Gasteiger partial charge on any atom is 0.205 e. The first-order valence-electron chi connectivity index (χ1n) is 5.35. The fourth-order valence-electron chi connectivity index (χ4n) is 1.95. The zero-order chi connectivity index (χ0) is 12.7. The first kappa shape index (κ1) is 11.6. The number of nitrogen functional groups attached to an aromatic ring is 1. The molecule has 90 valence electrons. The maximum absolute atomic E-state index is 6.03. The number of anilines is 1. The Hall–Kier alpha value is -1.52. The second-order valence-corrected chi connectivity index (χ2v) is 5.18. The van der Waals surface area contributed by atoms with Gasteiger partial charge in [0.05, 0.1) is 16.7 Å². The van der Waals surface area contributed by atoms with Crippen LogP contribution in [0.2, 0.25) is 5.02 Å². The van der Waals surface area contributed by atoms with Crippen LogP contribution in [-0.4, -0.2) is 9.55 Å². The minimum absolute atomic E-state index is 0.444. The molecule has 0 bridgehead atoms. The first-order valence-corrected chi connectivity index (χ1v) is 6.52. The SMILES string of the molecule is Nc1nc2ccc(Cl)cc2n1-c1ccccc1Br. The molecule has 0 amide bonds. The molecule has 2 aromatic carbocycles. The Kier molecular flexibility index (Phi) is 2.76. The van der Waals surface area contributed by atoms with Crippen molar-refractivity contribution in [3.05, 3.63) is 52.0 Å². The highest BCUT2D eigenvalue weighted by molar-refractivity contribution is 9.10. The molecule has 0 spiro atoms. The molecule has 1 aromatic heterocycles. The zero-order valence-corrected chi connectivity index (χ0v) is 11.6. The molecule has 0 aliphatic heterocycles. The summed E-state index contributed by atoms with van der Waals surface area (Å²) < 4.78 is 2.83. The Bertz CT molecular complexity index is 736. The highest BCUT2D eigenvalue weighted by Gasteiger charge is 2.12. The number of fused-ring (bicyclic) bond motifs is 1. The van der Waals surface area contributed by atoms with Crippen LogP contribution in [0.3, 0.4) is 0 Å². The van der Waals surface area contributed by atoms with Crippen LogP contribution < -0.4 is 5.73 Å². The lowest BCUT2D eigenvalue weighted by Crippen LogP contribution is -2.01. The maximum atomic E-state index is 6.03. The monoisotopic (exact) mass is 321 g/mol. The summed E-state index contributed by atoms with van der Waals surface area (Å²) in [5.74, 6) is 0.444. The third-order valence-corrected chi connectivity index (χ3v) is 3.64. The van der Waals surface area contributed by atoms with Gasteiger partial charge >= 0.3 is 0 Å². The van der Waals surface area contributed by atoms with Crippen LogP contribution in [0.25, 0.3) is 16.7 Å². The van der Waals surface area contributed by atoms with E-state index >= 15 is 0 Å². The van der Waals surface area contributed by atoms with Crippen LogP contribution in [0.4, 0.5) is 5.95 Å². The van der Waals surface area contributed by atoms with Gasteiger partial charge < -0.3 is 5.73 Å². The molecule has 0 atom stereocenters. The van der Waals surface area contributed by atoms with Gasteiger partial charge in [0.15, 0.2) is 0 Å². The number of halogens is 2. The predicted octanol–water partition coefficient (Wildman–Crippen LogP) is 4.02. The Balaban J connectivity index is 2.38. The molecule has 0 unspecified atom stereocenters. The van der Waals surface area contributed by atoms with Crippen LogP contribution in [0, 0.1) is 0 Å². The molecule has 5 heteroatoms. The minimum atomic E-state index is 0.444. The molecule has 0 fully saturated rings. The van der Waals surface area contributed by atoms with Crippen molar-refractivity contribution in [3.8, 4) is 5.69 Å². The quantitative estimate of drug-likeness (QED) is 0.735. The highest BCUT2D eigenvalue weighted by atomic mass is 79.9. The van der Waals surface area contributed by atoms with Crippen molar-refractivity contribution in [2.24, 2.45) is 0 Å². The van der Waals surface area contributed by atoms with Crippen molar-refractivity contribution in [2.45, 2.75) is 0 Å². The lowest BCUT2D eigenvalue weighted by Gasteiger charge is -2.08. The van der Waals surface area contributed by atoms with Crippen molar-refractivity contribution in [2.75, 3.05) is 5.73 Å². The van der Waals surface area contributed by atoms with Gasteiger partial charge in [-0.1, -0.05) is 23.7 Å². The van der Waals surface area contributed by atoms with E-state index in [1.165, 1.54) is 0 Å². The van der Waals surface area contributed by atoms with Gasteiger partial charge in [-0.25, -0.2) is 4.98 Å². The topological polar surface area (TPSA) is 43.8 Å². The lowest BCUT2D eigenvalue weighted by molar-refractivity contribution is 1.10. The van der Waals surface area contributed by atoms with Crippen LogP contribution in [0.5, 0.6) is 0 Å². The van der Waals surface area contributed by atoms with Gasteiger partial charge in [-0.05, 0) is 46.3 Å². The van der Waals surface area contributed by atoms with E-state index in [9.17, 15) is 0 Å². The summed E-state index contributed by atoms with van der Waals surface area (Å²) in [6.45, 7) is 0. The average Bonchev–Trinajstić information content (AvgIpc) is 2.66. The largest absolute Gasteiger partial charge is 0.369 e. The zero-order valence-electron chi connectivity index (χ0n) is 9.27. The summed E-state index contributed by atoms with van der Waals surface area (Å²) >= 11 is 9.55. The van der Waals surface area contributed by atoms with Crippen LogP contribution in [-0.2, 0) is 0 Å². The van der Waals surface area contributed by atoms with Crippen molar-refractivity contribution in [1.29, 1.82) is 0 Å². The molecule has 1 heterocycles. The van der Waals surface area contributed by atoms with Gasteiger partial charge in [0.1, 0.15) is 0 Å². The summed E-state index contributed by atoms with van der Waals surface area (Å²) in [6.07, 6.45) is 0. The summed E-state index contributed by atoms with van der Waals surface area (Å²) in [4.78, 5) is 4.33. The van der Waals surface area contributed by atoms with E-state index in [1.807, 2.05) is 41.0 Å². The third kappa shape index (κ3) is 1.78. The fraction of sp³-hybridized carbons (Fsp3) is 0. The van der Waals surface area contributed by atoms with Gasteiger partial charge in [0, 0.05) is 9.50 Å². The molecule has 0 saturated carbocycles. The summed E-state index contributed by atoms with van der Waals surface area (Å²) in [6, 6.07) is 13.4. The highest BCUT2D eigenvalue weighted by Crippen LogP contribution is 2.29. The van der Waals surface area contributed by atoms with Crippen LogP contribution in [0.1, 0.15) is 0 Å². The van der Waals surface area contributed by atoms with Crippen LogP contribution >= 0.6 is 27.5 Å². The molecule has 0 radical (unpaired) electrons. The number of imidazole rings is 1. The van der Waals surface area contributed by atoms with Crippen molar-refractivity contribution < 1.29 is 0 Å². The predicted molar refractivity (Wildman–Crippen MR) is 78.2 cm³/mol. The van der Waals surface area contributed by atoms with E-state index in [4.69, 9.17) is 17.3 Å². The Morgan fingerprint density at radius 3 is 2.72 bits per heavy atom. The standard InChI is InChI=1S/C13H9BrClN3/c14-9-3-1-2-4-11(9)18-12-7-8(15)5-6-10(12)17-13(18)16/h1-7H,(H2,16,17). The van der Waals surface area contributed by atoms with E-state index in [1.54, 1.807) is 6.07 Å². The average molecular weight is 323 g/mol. The van der Waals surface area contributed by atoms with E-state index < -0.39 is 0 Å². The molecule has 18 heavy (non-hydrogen) atoms. The Morgan fingerprint density at radius 2 is 1.94 bits per heavy atom. The minimum Gasteiger partial charge on any atom is -0.369 e. The van der Waals surface area contributed by atoms with Gasteiger partial charge in [0.25, 0.3) is 0 Å². The Morgan fingerprint density at radius 1 is 1.17 bits per heavy atom. The number of hydrogen-bond acceptors (Lipinski definition) is 2. The second kappa shape index (κ2) is 4.30. The molecule has 0 saturated heterocycles. The molecule has 3 aromatic rings. The number of rotatable bonds is 1. The van der Waals surface area contributed by atoms with Gasteiger partial charge in [-0.2, -0.15) is 0 Å². The van der Waals surface area contributed by atoms with Gasteiger partial charge in [0.2, 0.25) is 5.95 Å². The number of hydrogen-bond donors (Lipinski definition) is 1. The molecular weight excluding hydrogens is 314 g/mol. The van der Waals surface area contributed by atoms with E-state index in [0.29, 0.717) is 11.0 Å². The fourth-order valence-corrected chi connectivity index (χ4v) is 2.58. The molecule has 3 nitrogen and oxygen atoms in total. The molecule has 0 aliphatic carbocycles. The molecule has 2 N–H and O–H groups in total. The molecule has 3 rings (SSSR count). The number of nitrogens with two attached hydrogens (primary N) is 1. The van der Waals surface area contributed by atoms with E-state index in [0.717, 1.165) is 21.2 Å². The van der Waals surface area contributed by atoms with Crippen molar-refractivity contribution >= 4 is 44.5 Å². The van der Waals surface area contributed by atoms with Gasteiger partial charge in [-0.3, -0.25) is 4.57 Å². The normalized spacial score (nSPS) is 11.0. The molecule has 0 aliphatic rings. The summed E-state index contributed by atoms with van der Waals surface area (Å²) in [7, 11) is 0. The van der Waals surface area contributed by atoms with Crippen molar-refractivity contribution in [3.63, 3.8) is 0 Å².